The Bertz CT molecular complexity index is 701. The first-order chi connectivity index (χ1) is 12.2. The van der Waals surface area contributed by atoms with Gasteiger partial charge in [-0.05, 0) is 49.7 Å². The fourth-order valence-corrected chi connectivity index (χ4v) is 5.61. The van der Waals surface area contributed by atoms with E-state index in [0.29, 0.717) is 12.0 Å². The summed E-state index contributed by atoms with van der Waals surface area (Å²) >= 11 is 0. The molecule has 1 N–H and O–H groups in total. The summed E-state index contributed by atoms with van der Waals surface area (Å²) in [5.74, 6) is -0.245. The van der Waals surface area contributed by atoms with E-state index in [1.807, 2.05) is 18.2 Å². The summed E-state index contributed by atoms with van der Waals surface area (Å²) in [6.45, 7) is 8.51. The van der Waals surface area contributed by atoms with Gasteiger partial charge in [0.15, 0.2) is 0 Å². The number of aliphatic hydroxyl groups is 1. The van der Waals surface area contributed by atoms with E-state index in [1.165, 1.54) is 0 Å². The van der Waals surface area contributed by atoms with Crippen LogP contribution in [0.4, 0.5) is 0 Å². The molecule has 2 aliphatic carbocycles. The third kappa shape index (κ3) is 2.69. The molecular weight excluding hydrogens is 328 g/mol. The maximum atomic E-state index is 12.8. The standard InChI is InChI=1S/C22H30O4/c1-14(2)22(24)11-10-20(3)13-17-21(4,26-17)12-16(18(20)22)25-19(23)15-8-6-5-7-9-15/h5-9,14,16-18,24H,10-13H2,1-4H3/t16-,17-,18+,20+,21+,22+/m0/s1. The minimum atomic E-state index is -0.802. The molecule has 4 heteroatoms. The van der Waals surface area contributed by atoms with Crippen LogP contribution in [0.1, 0.15) is 63.7 Å². The summed E-state index contributed by atoms with van der Waals surface area (Å²) in [6.07, 6.45) is 3.18. The van der Waals surface area contributed by atoms with Crippen molar-refractivity contribution in [2.75, 3.05) is 0 Å². The second-order valence-corrected chi connectivity index (χ2v) is 9.41. The van der Waals surface area contributed by atoms with E-state index in [0.717, 1.165) is 19.3 Å². The van der Waals surface area contributed by atoms with Crippen molar-refractivity contribution in [3.05, 3.63) is 35.9 Å². The lowest BCUT2D eigenvalue weighted by Gasteiger charge is -2.44. The van der Waals surface area contributed by atoms with E-state index in [-0.39, 0.29) is 41.0 Å². The number of ether oxygens (including phenoxy) is 2. The monoisotopic (exact) mass is 358 g/mol. The van der Waals surface area contributed by atoms with Crippen molar-refractivity contribution in [1.82, 2.24) is 0 Å². The highest BCUT2D eigenvalue weighted by Gasteiger charge is 2.68. The molecule has 0 amide bonds. The van der Waals surface area contributed by atoms with Crippen LogP contribution in [0.15, 0.2) is 30.3 Å². The Morgan fingerprint density at radius 3 is 2.54 bits per heavy atom. The second kappa shape index (κ2) is 5.80. The molecule has 1 aromatic carbocycles. The van der Waals surface area contributed by atoms with E-state index in [1.54, 1.807) is 12.1 Å². The highest BCUT2D eigenvalue weighted by Crippen LogP contribution is 2.63. The molecule has 1 aliphatic heterocycles. The molecule has 1 heterocycles. The molecule has 0 radical (unpaired) electrons. The molecule has 1 aromatic rings. The Balaban J connectivity index is 1.68. The first kappa shape index (κ1) is 18.0. The Kier molecular flexibility index (Phi) is 4.02. The highest BCUT2D eigenvalue weighted by atomic mass is 16.6. The van der Waals surface area contributed by atoms with Crippen LogP contribution in [-0.4, -0.2) is 34.5 Å². The largest absolute Gasteiger partial charge is 0.458 e. The lowest BCUT2D eigenvalue weighted by atomic mass is 9.67. The van der Waals surface area contributed by atoms with Gasteiger partial charge in [0.2, 0.25) is 0 Å². The van der Waals surface area contributed by atoms with Gasteiger partial charge < -0.3 is 14.6 Å². The van der Waals surface area contributed by atoms with Crippen molar-refractivity contribution in [1.29, 1.82) is 0 Å². The molecule has 3 aliphatic rings. The molecule has 6 atom stereocenters. The number of benzene rings is 1. The molecular formula is C22H30O4. The maximum absolute atomic E-state index is 12.8. The van der Waals surface area contributed by atoms with Gasteiger partial charge in [-0.2, -0.15) is 0 Å². The van der Waals surface area contributed by atoms with Gasteiger partial charge in [0.1, 0.15) is 6.10 Å². The number of carbonyl (C=O) groups is 1. The lowest BCUT2D eigenvalue weighted by Crippen LogP contribution is -2.50. The van der Waals surface area contributed by atoms with Gasteiger partial charge in [-0.1, -0.05) is 39.0 Å². The minimum Gasteiger partial charge on any atom is -0.458 e. The smallest absolute Gasteiger partial charge is 0.338 e. The first-order valence-electron chi connectivity index (χ1n) is 9.84. The summed E-state index contributed by atoms with van der Waals surface area (Å²) in [7, 11) is 0. The average molecular weight is 358 g/mol. The van der Waals surface area contributed by atoms with Crippen molar-refractivity contribution < 1.29 is 19.4 Å². The summed E-state index contributed by atoms with van der Waals surface area (Å²) in [5, 5.41) is 11.6. The molecule has 0 aromatic heterocycles. The molecule has 142 valence electrons. The number of fused-ring (bicyclic) bond motifs is 2. The van der Waals surface area contributed by atoms with Gasteiger partial charge >= 0.3 is 5.97 Å². The predicted octanol–water partition coefficient (Wildman–Crippen LogP) is 3.97. The summed E-state index contributed by atoms with van der Waals surface area (Å²) in [5.41, 5.74) is -0.543. The lowest BCUT2D eigenvalue weighted by molar-refractivity contribution is -0.120. The van der Waals surface area contributed by atoms with Crippen molar-refractivity contribution in [3.8, 4) is 0 Å². The van der Waals surface area contributed by atoms with Gasteiger partial charge in [-0.15, -0.1) is 0 Å². The van der Waals surface area contributed by atoms with Gasteiger partial charge in [0.25, 0.3) is 0 Å². The SMILES string of the molecule is CC(C)[C@]1(O)CC[C@]2(C)C[C@@H]3O[C@]3(C)C[C@H](OC(=O)c3ccccc3)[C@H]21. The van der Waals surface area contributed by atoms with E-state index < -0.39 is 5.60 Å². The Labute approximate surface area is 155 Å². The maximum Gasteiger partial charge on any atom is 0.338 e. The van der Waals surface area contributed by atoms with E-state index in [9.17, 15) is 9.90 Å². The zero-order valence-corrected chi connectivity index (χ0v) is 16.2. The Morgan fingerprint density at radius 1 is 1.19 bits per heavy atom. The summed E-state index contributed by atoms with van der Waals surface area (Å²) in [6, 6.07) is 9.13. The molecule has 4 rings (SSSR count). The minimum absolute atomic E-state index is 0.0594. The molecule has 0 bridgehead atoms. The zero-order valence-electron chi connectivity index (χ0n) is 16.2. The van der Waals surface area contributed by atoms with Gasteiger partial charge in [0.05, 0.1) is 22.9 Å². The Hall–Kier alpha value is -1.39. The van der Waals surface area contributed by atoms with Crippen LogP contribution in [0.2, 0.25) is 0 Å². The van der Waals surface area contributed by atoms with Crippen molar-refractivity contribution in [2.45, 2.75) is 76.8 Å². The normalized spacial score (nSPS) is 44.2. The average Bonchev–Trinajstić information content (AvgIpc) is 3.13. The predicted molar refractivity (Wildman–Crippen MR) is 98.8 cm³/mol. The number of epoxide rings is 1. The van der Waals surface area contributed by atoms with Crippen LogP contribution in [0.3, 0.4) is 0 Å². The van der Waals surface area contributed by atoms with Crippen LogP contribution in [0.25, 0.3) is 0 Å². The molecule has 4 nitrogen and oxygen atoms in total. The van der Waals surface area contributed by atoms with E-state index in [4.69, 9.17) is 9.47 Å². The molecule has 1 saturated heterocycles. The number of rotatable bonds is 3. The third-order valence-corrected chi connectivity index (χ3v) is 7.32. The summed E-state index contributed by atoms with van der Waals surface area (Å²) < 4.78 is 12.1. The van der Waals surface area contributed by atoms with Crippen LogP contribution < -0.4 is 0 Å². The summed E-state index contributed by atoms with van der Waals surface area (Å²) in [4.78, 5) is 12.8. The molecule has 2 saturated carbocycles. The van der Waals surface area contributed by atoms with Gasteiger partial charge in [-0.3, -0.25) is 0 Å². The fourth-order valence-electron chi connectivity index (χ4n) is 5.61. The number of hydrogen-bond acceptors (Lipinski definition) is 4. The van der Waals surface area contributed by atoms with Gasteiger partial charge in [-0.25, -0.2) is 4.79 Å². The first-order valence-corrected chi connectivity index (χ1v) is 9.84. The number of esters is 1. The van der Waals surface area contributed by atoms with Crippen molar-refractivity contribution in [2.24, 2.45) is 17.3 Å². The quantitative estimate of drug-likeness (QED) is 0.656. The number of carbonyl (C=O) groups excluding carboxylic acids is 1. The van der Waals surface area contributed by atoms with E-state index in [2.05, 4.69) is 27.7 Å². The highest BCUT2D eigenvalue weighted by molar-refractivity contribution is 5.89. The van der Waals surface area contributed by atoms with E-state index >= 15 is 0 Å². The Morgan fingerprint density at radius 2 is 1.88 bits per heavy atom. The second-order valence-electron chi connectivity index (χ2n) is 9.41. The van der Waals surface area contributed by atoms with Crippen molar-refractivity contribution in [3.63, 3.8) is 0 Å². The van der Waals surface area contributed by atoms with Gasteiger partial charge in [0, 0.05) is 12.3 Å². The van der Waals surface area contributed by atoms with Crippen LogP contribution >= 0.6 is 0 Å². The van der Waals surface area contributed by atoms with Crippen molar-refractivity contribution >= 4 is 5.97 Å². The van der Waals surface area contributed by atoms with Crippen LogP contribution in [0.5, 0.6) is 0 Å². The molecule has 26 heavy (non-hydrogen) atoms. The van der Waals surface area contributed by atoms with Crippen LogP contribution in [-0.2, 0) is 9.47 Å². The molecule has 0 unspecified atom stereocenters. The fraction of sp³-hybridized carbons (Fsp3) is 0.682. The number of hydrogen-bond donors (Lipinski definition) is 1. The molecule has 0 spiro atoms. The van der Waals surface area contributed by atoms with Crippen LogP contribution in [0, 0.1) is 17.3 Å². The molecule has 3 fully saturated rings. The third-order valence-electron chi connectivity index (χ3n) is 7.32. The zero-order chi connectivity index (χ0) is 18.7. The topological polar surface area (TPSA) is 59.1 Å².